The van der Waals surface area contributed by atoms with Crippen molar-refractivity contribution in [2.24, 2.45) is 0 Å². The fourth-order valence-electron chi connectivity index (χ4n) is 14.4. The maximum atomic E-state index is 10.9. The molecule has 1 aliphatic heterocycles. The summed E-state index contributed by atoms with van der Waals surface area (Å²) in [4.78, 5) is 34.6. The van der Waals surface area contributed by atoms with Crippen LogP contribution >= 0.6 is 70.4 Å². The first-order valence-corrected chi connectivity index (χ1v) is 39.1. The molecule has 0 unspecified atom stereocenters. The third-order valence-corrected chi connectivity index (χ3v) is 22.3. The molecule has 0 N–H and O–H groups in total. The first-order valence-electron chi connectivity index (χ1n) is 35.6. The largest absolute Gasteiger partial charge is 2.00 e. The molecule has 542 valence electrons. The minimum Gasteiger partial charge on any atom is -0.503 e. The number of aromatic nitrogens is 6. The normalized spacial score (nSPS) is 11.8. The molecule has 0 saturated heterocycles. The number of benzene rings is 11. The van der Waals surface area contributed by atoms with Crippen molar-refractivity contribution in [3.63, 3.8) is 0 Å². The molecule has 0 saturated carbocycles. The molecule has 0 fully saturated rings. The van der Waals surface area contributed by atoms with Crippen LogP contribution in [0, 0.1) is 35.9 Å². The SMILES string of the molecule is Brc1ccc2c(c1)Cc1ccccc1-2.CC(C)c1ccnc(-n2c3[c-]c(Oc4[c-]c5c(cc4)c4cc(C(C)C)cc6c4n4c(cnc54)CC6)ccc3c3ccccc32)c1.CC(C)c1ccnc(-n2c3ccccc3c3ccc(Br)cc32)c1.O=[N+]([O-])c1ccccc1-c1ccc(Br)cc1.O=[N+]([O-])c1ccccc1I.[Pt+2]. The predicted octanol–water partition coefficient (Wildman–Crippen LogP) is 26.2. The van der Waals surface area contributed by atoms with Gasteiger partial charge in [-0.15, -0.1) is 29.7 Å². The quantitative estimate of drug-likeness (QED) is 0.0432. The molecule has 2 aliphatic rings. The molecule has 11 aromatic carbocycles. The number of imidazole rings is 1. The van der Waals surface area contributed by atoms with E-state index in [4.69, 9.17) is 14.7 Å². The zero-order valence-corrected chi connectivity index (χ0v) is 69.3. The molecule has 13 nitrogen and oxygen atoms in total. The summed E-state index contributed by atoms with van der Waals surface area (Å²) in [5.74, 6) is 4.47. The average molecular weight is 1920 g/mol. The van der Waals surface area contributed by atoms with Crippen molar-refractivity contribution in [1.82, 2.24) is 28.5 Å². The van der Waals surface area contributed by atoms with Crippen molar-refractivity contribution in [1.29, 1.82) is 0 Å². The number of rotatable bonds is 10. The van der Waals surface area contributed by atoms with E-state index in [0.29, 0.717) is 38.4 Å². The van der Waals surface area contributed by atoms with Gasteiger partial charge in [0.1, 0.15) is 11.6 Å². The van der Waals surface area contributed by atoms with Gasteiger partial charge in [0.05, 0.1) is 35.7 Å². The Morgan fingerprint density at radius 1 is 0.459 bits per heavy atom. The number of nitrogens with zero attached hydrogens (tertiary/aromatic N) is 8. The van der Waals surface area contributed by atoms with Crippen LogP contribution in [0.1, 0.15) is 98.4 Å². The van der Waals surface area contributed by atoms with Gasteiger partial charge in [-0.1, -0.05) is 233 Å². The number of aryl methyl sites for hydroxylation is 2. The van der Waals surface area contributed by atoms with Crippen LogP contribution in [0.4, 0.5) is 11.4 Å². The van der Waals surface area contributed by atoms with Crippen molar-refractivity contribution in [2.75, 3.05) is 0 Å². The summed E-state index contributed by atoms with van der Waals surface area (Å²) in [7, 11) is 0. The van der Waals surface area contributed by atoms with Crippen molar-refractivity contribution < 1.29 is 35.6 Å². The van der Waals surface area contributed by atoms with E-state index in [1.165, 1.54) is 99.5 Å². The zero-order chi connectivity index (χ0) is 75.0. The first kappa shape index (κ1) is 75.8. The van der Waals surface area contributed by atoms with Gasteiger partial charge in [0.25, 0.3) is 11.4 Å². The van der Waals surface area contributed by atoms with Gasteiger partial charge in [-0.2, -0.15) is 6.07 Å². The summed E-state index contributed by atoms with van der Waals surface area (Å²) >= 11 is 12.4. The first-order chi connectivity index (χ1) is 52.3. The van der Waals surface area contributed by atoms with Crippen LogP contribution in [0.25, 0.3) is 105 Å². The minimum absolute atomic E-state index is 0. The van der Waals surface area contributed by atoms with E-state index in [0.717, 1.165) is 83.6 Å². The van der Waals surface area contributed by atoms with Gasteiger partial charge in [0, 0.05) is 83.1 Å². The maximum absolute atomic E-state index is 10.9. The van der Waals surface area contributed by atoms with Crippen LogP contribution in [0.2, 0.25) is 0 Å². The van der Waals surface area contributed by atoms with E-state index >= 15 is 0 Å². The van der Waals surface area contributed by atoms with Crippen LogP contribution in [0.5, 0.6) is 11.5 Å². The molecule has 0 radical (unpaired) electrons. The number of nitro groups is 2. The van der Waals surface area contributed by atoms with Gasteiger partial charge < -0.3 is 13.7 Å². The van der Waals surface area contributed by atoms with Crippen molar-refractivity contribution in [3.8, 4) is 45.4 Å². The molecule has 0 spiro atoms. The summed E-state index contributed by atoms with van der Waals surface area (Å²) in [6.45, 7) is 13.4. The minimum atomic E-state index is -0.387. The molecular weight excluding hydrogens is 1850 g/mol. The summed E-state index contributed by atoms with van der Waals surface area (Å²) in [6, 6.07) is 88.2. The van der Waals surface area contributed by atoms with Crippen molar-refractivity contribution in [3.05, 3.63) is 350 Å². The van der Waals surface area contributed by atoms with E-state index in [-0.39, 0.29) is 42.3 Å². The molecule has 17 aromatic rings. The summed E-state index contributed by atoms with van der Waals surface area (Å²) in [5, 5.41) is 29.3. The molecule has 1 aliphatic carbocycles. The zero-order valence-electron chi connectivity index (χ0n) is 60.1. The van der Waals surface area contributed by atoms with Gasteiger partial charge in [0.2, 0.25) is 0 Å². The van der Waals surface area contributed by atoms with Crippen LogP contribution in [0.3, 0.4) is 0 Å². The monoisotopic (exact) mass is 1910 g/mol. The maximum Gasteiger partial charge on any atom is 2.00 e. The molecular formula is C91H70Br3IN8O5Pt. The Balaban J connectivity index is 0.000000129. The summed E-state index contributed by atoms with van der Waals surface area (Å²) in [6.07, 6.45) is 8.93. The average Bonchev–Trinajstić information content (AvgIpc) is 1.68. The van der Waals surface area contributed by atoms with Crippen molar-refractivity contribution in [2.45, 2.75) is 78.6 Å². The number of fused-ring (bicyclic) bond motifs is 12. The van der Waals surface area contributed by atoms with Crippen LogP contribution < -0.4 is 4.74 Å². The third kappa shape index (κ3) is 15.5. The van der Waals surface area contributed by atoms with Gasteiger partial charge >= 0.3 is 21.1 Å². The Bertz CT molecular complexity index is 6350. The Morgan fingerprint density at radius 3 is 1.67 bits per heavy atom. The fourth-order valence-corrected chi connectivity index (χ4v) is 16.0. The predicted molar refractivity (Wildman–Crippen MR) is 457 cm³/mol. The van der Waals surface area contributed by atoms with Gasteiger partial charge in [0.15, 0.2) is 0 Å². The molecule has 0 bridgehead atoms. The number of hydrogen-bond acceptors (Lipinski definition) is 8. The van der Waals surface area contributed by atoms with Crippen LogP contribution in [-0.4, -0.2) is 38.3 Å². The van der Waals surface area contributed by atoms with Crippen molar-refractivity contribution >= 4 is 153 Å². The van der Waals surface area contributed by atoms with E-state index in [1.807, 2.05) is 77.6 Å². The Kier molecular flexibility index (Phi) is 22.7. The smallest absolute Gasteiger partial charge is 0.503 e. The number of halogens is 4. The summed E-state index contributed by atoms with van der Waals surface area (Å²) < 4.78 is 17.2. The number of para-hydroxylation sites is 4. The molecule has 7 heterocycles. The number of nitro benzene ring substituents is 2. The van der Waals surface area contributed by atoms with E-state index < -0.39 is 0 Å². The second-order valence-electron chi connectivity index (χ2n) is 27.6. The van der Waals surface area contributed by atoms with Crippen LogP contribution in [-0.2, 0) is 40.3 Å². The summed E-state index contributed by atoms with van der Waals surface area (Å²) in [5.41, 5.74) is 20.6. The third-order valence-electron chi connectivity index (χ3n) is 19.8. The number of pyridine rings is 3. The second kappa shape index (κ2) is 32.7. The van der Waals surface area contributed by atoms with Crippen LogP contribution in [0.15, 0.2) is 275 Å². The van der Waals surface area contributed by atoms with E-state index in [9.17, 15) is 20.2 Å². The number of hydrogen-bond donors (Lipinski definition) is 0. The molecule has 6 aromatic heterocycles. The van der Waals surface area contributed by atoms with E-state index in [1.54, 1.807) is 36.4 Å². The molecule has 0 atom stereocenters. The second-order valence-corrected chi connectivity index (χ2v) is 31.5. The Labute approximate surface area is 684 Å². The van der Waals surface area contributed by atoms with Gasteiger partial charge in [-0.3, -0.25) is 29.8 Å². The molecule has 19 rings (SSSR count). The fraction of sp³-hybridized carbons (Fsp3) is 0.132. The Morgan fingerprint density at radius 2 is 1.00 bits per heavy atom. The van der Waals surface area contributed by atoms with Gasteiger partial charge in [-0.25, -0.2) is 9.97 Å². The van der Waals surface area contributed by atoms with Gasteiger partial charge in [-0.05, 0) is 205 Å². The molecule has 18 heteroatoms. The standard InChI is InChI=1S/C40H32N4O.C20H17BrN2.C13H9Br.C12H8BrNO2.C6H4INO2.Pt/c1-23(2)25-15-16-41-38(19-25)44-36-8-6-5-7-32(36)33-14-12-30(21-37(33)44)45-29-11-13-31-34-18-27(24(3)4)17-26-9-10-28-22-42-40(35(31)20-29)43(28)39(26)34;1-13(2)14-9-10-22-20(11-14)23-18-6-4-3-5-16(18)17-8-7-15(21)12-19(17)23;14-11-5-6-13-10(8-11)7-9-3-1-2-4-12(9)13;13-10-7-5-9(6-8-10)11-3-1-2-4-12(11)14(15)16;7-5-3-1-2-4-6(5)8(9)10;/h5-8,11-19,22-24H,9-10H2,1-4H3;3-13H,1-2H3;1-6,8H,7H2;1-8H;1-4H;/q-2;;;;;+2. The molecule has 0 amide bonds. The Hall–Kier alpha value is -10.0. The number of ether oxygens (including phenoxy) is 1. The van der Waals surface area contributed by atoms with E-state index in [2.05, 4.69) is 278 Å². The molecule has 109 heavy (non-hydrogen) atoms. The topological polar surface area (TPSA) is 148 Å².